The number of anilines is 1. The molecular weight excluding hydrogens is 490 g/mol. The monoisotopic (exact) mass is 523 g/mol. The number of amides is 2. The van der Waals surface area contributed by atoms with Gasteiger partial charge in [0, 0.05) is 44.0 Å². The second-order valence-corrected chi connectivity index (χ2v) is 9.48. The number of rotatable bonds is 8. The van der Waals surface area contributed by atoms with Crippen LogP contribution in [0.25, 0.3) is 0 Å². The largest absolute Gasteiger partial charge is 0.462 e. The fourth-order valence-corrected chi connectivity index (χ4v) is 4.33. The van der Waals surface area contributed by atoms with E-state index >= 15 is 0 Å². The first-order valence-corrected chi connectivity index (χ1v) is 12.6. The molecule has 2 aromatic rings. The third kappa shape index (κ3) is 7.53. The summed E-state index contributed by atoms with van der Waals surface area (Å²) in [6.07, 6.45) is -1.56. The van der Waals surface area contributed by atoms with Gasteiger partial charge in [-0.15, -0.1) is 0 Å². The molecule has 2 fully saturated rings. The van der Waals surface area contributed by atoms with E-state index in [0.717, 1.165) is 26.2 Å². The van der Waals surface area contributed by atoms with Gasteiger partial charge < -0.3 is 14.2 Å². The Labute approximate surface area is 221 Å². The lowest BCUT2D eigenvalue weighted by atomic mass is 10.1. The number of para-hydroxylation sites is 1. The van der Waals surface area contributed by atoms with Crippen LogP contribution in [0, 0.1) is 5.41 Å². The summed E-state index contributed by atoms with van der Waals surface area (Å²) < 4.78 is 16.0. The van der Waals surface area contributed by atoms with E-state index in [2.05, 4.69) is 15.1 Å². The highest BCUT2D eigenvalue weighted by Gasteiger charge is 2.34. The van der Waals surface area contributed by atoms with E-state index in [4.69, 9.17) is 19.6 Å². The number of ether oxygens (including phenoxy) is 3. The van der Waals surface area contributed by atoms with Crippen molar-refractivity contribution in [3.8, 4) is 5.75 Å². The summed E-state index contributed by atoms with van der Waals surface area (Å²) in [5.74, 6) is 0.0531. The molecule has 0 spiro atoms. The Morgan fingerprint density at radius 3 is 2.34 bits per heavy atom. The van der Waals surface area contributed by atoms with Gasteiger partial charge >= 0.3 is 18.2 Å². The van der Waals surface area contributed by atoms with E-state index in [0.29, 0.717) is 30.1 Å². The lowest BCUT2D eigenvalue weighted by Crippen LogP contribution is -2.50. The van der Waals surface area contributed by atoms with Crippen molar-refractivity contribution in [3.05, 3.63) is 60.2 Å². The van der Waals surface area contributed by atoms with Gasteiger partial charge in [-0.05, 0) is 50.2 Å². The third-order valence-corrected chi connectivity index (χ3v) is 6.17. The van der Waals surface area contributed by atoms with Crippen molar-refractivity contribution in [3.63, 3.8) is 0 Å². The fraction of sp³-hybridized carbons (Fsp3) is 0.407. The predicted molar refractivity (Wildman–Crippen MR) is 141 cm³/mol. The summed E-state index contributed by atoms with van der Waals surface area (Å²) in [5, 5.41) is 10.5. The Balaban J connectivity index is 1.23. The van der Waals surface area contributed by atoms with E-state index in [-0.39, 0.29) is 30.6 Å². The number of amidine groups is 1. The number of carbonyl (C=O) groups is 3. The van der Waals surface area contributed by atoms with E-state index in [1.807, 2.05) is 19.9 Å². The number of nitrogens with zero attached hydrogens (tertiary/aromatic N) is 3. The van der Waals surface area contributed by atoms with Crippen molar-refractivity contribution >= 4 is 29.7 Å². The summed E-state index contributed by atoms with van der Waals surface area (Å²) in [4.78, 5) is 42.3. The first-order chi connectivity index (χ1) is 18.3. The van der Waals surface area contributed by atoms with Gasteiger partial charge in [-0.1, -0.05) is 18.2 Å². The molecule has 2 saturated heterocycles. The average Bonchev–Trinajstić information content (AvgIpc) is 3.25. The quantitative estimate of drug-likeness (QED) is 0.308. The average molecular weight is 524 g/mol. The molecule has 4 rings (SSSR count). The maximum absolute atomic E-state index is 12.5. The molecule has 2 heterocycles. The Morgan fingerprint density at radius 2 is 1.68 bits per heavy atom. The number of cyclic esters (lactones) is 1. The van der Waals surface area contributed by atoms with Crippen molar-refractivity contribution in [2.24, 2.45) is 0 Å². The van der Waals surface area contributed by atoms with E-state index < -0.39 is 12.2 Å². The minimum atomic E-state index is -0.757. The van der Waals surface area contributed by atoms with Crippen molar-refractivity contribution in [1.29, 1.82) is 5.41 Å². The molecule has 2 aromatic carbocycles. The predicted octanol–water partition coefficient (Wildman–Crippen LogP) is 2.69. The maximum atomic E-state index is 12.5. The van der Waals surface area contributed by atoms with E-state index in [1.54, 1.807) is 53.4 Å². The Hall–Kier alpha value is -3.96. The first kappa shape index (κ1) is 27.1. The van der Waals surface area contributed by atoms with Crippen LogP contribution in [-0.4, -0.2) is 91.8 Å². The minimum Gasteiger partial charge on any atom is -0.462 e. The third-order valence-electron chi connectivity index (χ3n) is 6.17. The standard InChI is InChI=1S/C27H33N5O6/c1-19(2)36-24(33)18-31-14-12-30(13-15-31)16-23-17-32(27(35)38-23)21-10-8-20(9-11-21)25(28)29-26(34)37-22-6-4-3-5-7-22/h3-11,19,23H,12-18H2,1-2H3,(H2,28,29,34). The van der Waals surface area contributed by atoms with Crippen molar-refractivity contribution in [1.82, 2.24) is 15.1 Å². The van der Waals surface area contributed by atoms with Gasteiger partial charge in [-0.2, -0.15) is 0 Å². The van der Waals surface area contributed by atoms with Crippen LogP contribution >= 0.6 is 0 Å². The van der Waals surface area contributed by atoms with E-state index in [9.17, 15) is 14.4 Å². The molecule has 2 N–H and O–H groups in total. The number of hydrogen-bond acceptors (Lipinski definition) is 9. The number of nitrogens with one attached hydrogen (secondary N) is 2. The smallest absolute Gasteiger partial charge is 0.418 e. The van der Waals surface area contributed by atoms with Gasteiger partial charge in [0.25, 0.3) is 0 Å². The number of carbonyl (C=O) groups excluding carboxylic acids is 3. The Bertz CT molecular complexity index is 1130. The van der Waals surface area contributed by atoms with Gasteiger partial charge in [-0.25, -0.2) is 9.59 Å². The topological polar surface area (TPSA) is 125 Å². The van der Waals surface area contributed by atoms with Gasteiger partial charge in [-0.3, -0.25) is 30.2 Å². The Kier molecular flexibility index (Phi) is 8.93. The zero-order valence-electron chi connectivity index (χ0n) is 21.6. The van der Waals surface area contributed by atoms with Crippen molar-refractivity contribution in [2.45, 2.75) is 26.1 Å². The molecule has 2 amide bonds. The number of benzene rings is 2. The van der Waals surface area contributed by atoms with Crippen LogP contribution in [0.3, 0.4) is 0 Å². The van der Waals surface area contributed by atoms with Crippen molar-refractivity contribution in [2.75, 3.05) is 50.7 Å². The molecule has 1 atom stereocenters. The number of esters is 1. The molecule has 0 saturated carbocycles. The molecule has 0 aromatic heterocycles. The SMILES string of the molecule is CC(C)OC(=O)CN1CCN(CC2CN(c3ccc(C(=N)NC(=O)Oc4ccccc4)cc3)C(=O)O2)CC1. The zero-order chi connectivity index (χ0) is 27.1. The van der Waals surface area contributed by atoms with Gasteiger partial charge in [0.2, 0.25) is 0 Å². The maximum Gasteiger partial charge on any atom is 0.418 e. The first-order valence-electron chi connectivity index (χ1n) is 12.6. The molecular formula is C27H33N5O6. The highest BCUT2D eigenvalue weighted by atomic mass is 16.6. The number of piperazine rings is 1. The summed E-state index contributed by atoms with van der Waals surface area (Å²) in [5.41, 5.74) is 1.12. The molecule has 0 bridgehead atoms. The van der Waals surface area contributed by atoms with Gasteiger partial charge in [0.1, 0.15) is 17.7 Å². The molecule has 38 heavy (non-hydrogen) atoms. The molecule has 11 nitrogen and oxygen atoms in total. The lowest BCUT2D eigenvalue weighted by molar-refractivity contribution is -0.149. The highest BCUT2D eigenvalue weighted by Crippen LogP contribution is 2.23. The van der Waals surface area contributed by atoms with Crippen LogP contribution in [0.2, 0.25) is 0 Å². The fourth-order valence-electron chi connectivity index (χ4n) is 4.33. The number of hydrogen-bond donors (Lipinski definition) is 2. The van der Waals surface area contributed by atoms with Crippen molar-refractivity contribution < 1.29 is 28.6 Å². The summed E-state index contributed by atoms with van der Waals surface area (Å²) >= 11 is 0. The van der Waals surface area contributed by atoms with Crippen LogP contribution in [0.5, 0.6) is 5.75 Å². The van der Waals surface area contributed by atoms with Gasteiger partial charge in [0.15, 0.2) is 0 Å². The molecule has 11 heteroatoms. The lowest BCUT2D eigenvalue weighted by Gasteiger charge is -2.34. The zero-order valence-corrected chi connectivity index (χ0v) is 21.6. The van der Waals surface area contributed by atoms with Crippen LogP contribution in [0.15, 0.2) is 54.6 Å². The molecule has 202 valence electrons. The summed E-state index contributed by atoms with van der Waals surface area (Å²) in [6, 6.07) is 15.3. The normalized spacial score (nSPS) is 18.2. The highest BCUT2D eigenvalue weighted by molar-refractivity contribution is 6.05. The van der Waals surface area contributed by atoms with Crippen LogP contribution in [0.1, 0.15) is 19.4 Å². The van der Waals surface area contributed by atoms with Gasteiger partial charge in [0.05, 0.1) is 19.2 Å². The second-order valence-electron chi connectivity index (χ2n) is 9.48. The summed E-state index contributed by atoms with van der Waals surface area (Å²) in [6.45, 7) is 8.04. The molecule has 2 aliphatic heterocycles. The van der Waals surface area contributed by atoms with Crippen LogP contribution in [0.4, 0.5) is 15.3 Å². The van der Waals surface area contributed by atoms with E-state index in [1.165, 1.54) is 0 Å². The molecule has 1 unspecified atom stereocenters. The van der Waals surface area contributed by atoms with Crippen LogP contribution in [-0.2, 0) is 14.3 Å². The Morgan fingerprint density at radius 1 is 1.03 bits per heavy atom. The molecule has 0 radical (unpaired) electrons. The summed E-state index contributed by atoms with van der Waals surface area (Å²) in [7, 11) is 0. The minimum absolute atomic E-state index is 0.115. The second kappa shape index (κ2) is 12.5. The molecule has 2 aliphatic rings. The van der Waals surface area contributed by atoms with Crippen LogP contribution < -0.4 is 15.0 Å². The molecule has 0 aliphatic carbocycles.